The fourth-order valence-corrected chi connectivity index (χ4v) is 2.18. The van der Waals surface area contributed by atoms with E-state index in [0.717, 1.165) is 0 Å². The van der Waals surface area contributed by atoms with Gasteiger partial charge < -0.3 is 18.9 Å². The zero-order valence-electron chi connectivity index (χ0n) is 14.4. The number of benzene rings is 2. The van der Waals surface area contributed by atoms with E-state index in [1.165, 1.54) is 20.3 Å². The Hall–Kier alpha value is -3.02. The summed E-state index contributed by atoms with van der Waals surface area (Å²) in [5, 5.41) is 0. The van der Waals surface area contributed by atoms with Gasteiger partial charge in [-0.2, -0.15) is 0 Å². The largest absolute Gasteiger partial charge is 0.497 e. The molecule has 0 atom stereocenters. The van der Waals surface area contributed by atoms with Gasteiger partial charge in [0.2, 0.25) is 5.78 Å². The molecule has 2 aromatic carbocycles. The van der Waals surface area contributed by atoms with Crippen molar-refractivity contribution in [2.45, 2.75) is 6.92 Å². The maximum atomic E-state index is 12.4. The molecule has 0 aliphatic rings. The smallest absolute Gasteiger partial charge is 0.338 e. The van der Waals surface area contributed by atoms with E-state index in [9.17, 15) is 9.59 Å². The van der Waals surface area contributed by atoms with Crippen LogP contribution in [0.1, 0.15) is 27.6 Å². The molecule has 0 saturated heterocycles. The molecule has 0 radical (unpaired) electrons. The molecular weight excluding hydrogens is 324 g/mol. The van der Waals surface area contributed by atoms with Crippen LogP contribution in [0.5, 0.6) is 17.2 Å². The third kappa shape index (κ3) is 4.73. The van der Waals surface area contributed by atoms with Gasteiger partial charge in [0.05, 0.1) is 32.0 Å². The Kier molecular flexibility index (Phi) is 6.39. The molecule has 2 rings (SSSR count). The van der Waals surface area contributed by atoms with Gasteiger partial charge in [0.1, 0.15) is 17.2 Å². The number of ketones is 1. The predicted molar refractivity (Wildman–Crippen MR) is 91.8 cm³/mol. The van der Waals surface area contributed by atoms with Crippen molar-refractivity contribution in [3.63, 3.8) is 0 Å². The van der Waals surface area contributed by atoms with E-state index in [-0.39, 0.29) is 12.4 Å². The number of hydrogen-bond donors (Lipinski definition) is 0. The van der Waals surface area contributed by atoms with E-state index in [1.54, 1.807) is 43.3 Å². The highest BCUT2D eigenvalue weighted by Gasteiger charge is 2.15. The molecule has 25 heavy (non-hydrogen) atoms. The standard InChI is InChI=1S/C19H20O6/c1-4-24-19(21)13-6-5-7-15(10-13)25-12-17(20)16-9-8-14(22-2)11-18(16)23-3/h5-11H,4,12H2,1-3H3. The van der Waals surface area contributed by atoms with E-state index in [1.807, 2.05) is 0 Å². The highest BCUT2D eigenvalue weighted by atomic mass is 16.5. The summed E-state index contributed by atoms with van der Waals surface area (Å²) in [6, 6.07) is 11.4. The van der Waals surface area contributed by atoms with Crippen LogP contribution in [0, 0.1) is 0 Å². The molecule has 2 aromatic rings. The van der Waals surface area contributed by atoms with Crippen molar-refractivity contribution in [1.82, 2.24) is 0 Å². The molecule has 6 nitrogen and oxygen atoms in total. The number of carbonyl (C=O) groups excluding carboxylic acids is 2. The first-order valence-electron chi connectivity index (χ1n) is 7.74. The Balaban J connectivity index is 2.07. The maximum Gasteiger partial charge on any atom is 0.338 e. The first kappa shape index (κ1) is 18.3. The van der Waals surface area contributed by atoms with Gasteiger partial charge in [0.25, 0.3) is 0 Å². The van der Waals surface area contributed by atoms with E-state index in [0.29, 0.717) is 35.0 Å². The highest BCUT2D eigenvalue weighted by molar-refractivity contribution is 6.00. The minimum Gasteiger partial charge on any atom is -0.497 e. The Morgan fingerprint density at radius 1 is 0.960 bits per heavy atom. The van der Waals surface area contributed by atoms with Crippen LogP contribution >= 0.6 is 0 Å². The fraction of sp³-hybridized carbons (Fsp3) is 0.263. The van der Waals surface area contributed by atoms with Crippen LogP contribution in [0.4, 0.5) is 0 Å². The molecule has 132 valence electrons. The number of ether oxygens (including phenoxy) is 4. The fourth-order valence-electron chi connectivity index (χ4n) is 2.18. The van der Waals surface area contributed by atoms with Crippen LogP contribution in [0.25, 0.3) is 0 Å². The predicted octanol–water partition coefficient (Wildman–Crippen LogP) is 3.14. The Morgan fingerprint density at radius 3 is 2.44 bits per heavy atom. The molecule has 0 aliphatic heterocycles. The monoisotopic (exact) mass is 344 g/mol. The van der Waals surface area contributed by atoms with E-state index in [4.69, 9.17) is 18.9 Å². The molecule has 6 heteroatoms. The lowest BCUT2D eigenvalue weighted by Crippen LogP contribution is -2.13. The molecule has 0 N–H and O–H groups in total. The summed E-state index contributed by atoms with van der Waals surface area (Å²) in [5.41, 5.74) is 0.763. The number of carbonyl (C=O) groups is 2. The van der Waals surface area contributed by atoms with Crippen molar-refractivity contribution < 1.29 is 28.5 Å². The third-order valence-corrected chi connectivity index (χ3v) is 3.42. The number of rotatable bonds is 8. The van der Waals surface area contributed by atoms with Gasteiger partial charge in [0.15, 0.2) is 6.61 Å². The molecule has 0 heterocycles. The summed E-state index contributed by atoms with van der Waals surface area (Å²) in [4.78, 5) is 24.1. The van der Waals surface area contributed by atoms with Gasteiger partial charge in [-0.05, 0) is 37.3 Å². The topological polar surface area (TPSA) is 71.1 Å². The molecule has 0 spiro atoms. The van der Waals surface area contributed by atoms with Gasteiger partial charge >= 0.3 is 5.97 Å². The first-order chi connectivity index (χ1) is 12.1. The van der Waals surface area contributed by atoms with E-state index < -0.39 is 5.97 Å². The Morgan fingerprint density at radius 2 is 1.76 bits per heavy atom. The number of methoxy groups -OCH3 is 2. The number of hydrogen-bond acceptors (Lipinski definition) is 6. The average molecular weight is 344 g/mol. The third-order valence-electron chi connectivity index (χ3n) is 3.42. The minimum absolute atomic E-state index is 0.186. The van der Waals surface area contributed by atoms with Gasteiger partial charge in [0, 0.05) is 6.07 Å². The van der Waals surface area contributed by atoms with Crippen LogP contribution in [0.2, 0.25) is 0 Å². The second kappa shape index (κ2) is 8.73. The lowest BCUT2D eigenvalue weighted by molar-refractivity contribution is 0.0526. The van der Waals surface area contributed by atoms with E-state index >= 15 is 0 Å². The molecule has 0 fully saturated rings. The summed E-state index contributed by atoms with van der Waals surface area (Å²) in [5.74, 6) is 0.730. The van der Waals surface area contributed by atoms with Crippen molar-refractivity contribution in [1.29, 1.82) is 0 Å². The zero-order valence-corrected chi connectivity index (χ0v) is 14.4. The lowest BCUT2D eigenvalue weighted by Gasteiger charge is -2.11. The lowest BCUT2D eigenvalue weighted by atomic mass is 10.1. The van der Waals surface area contributed by atoms with Crippen molar-refractivity contribution >= 4 is 11.8 Å². The molecule has 0 amide bonds. The van der Waals surface area contributed by atoms with Crippen LogP contribution in [-0.4, -0.2) is 39.2 Å². The number of Topliss-reactive ketones (excluding diaryl/α,β-unsaturated/α-hetero) is 1. The van der Waals surface area contributed by atoms with Crippen LogP contribution in [0.3, 0.4) is 0 Å². The molecular formula is C19H20O6. The minimum atomic E-state index is -0.434. The molecule has 0 aliphatic carbocycles. The number of esters is 1. The Bertz CT molecular complexity index is 753. The highest BCUT2D eigenvalue weighted by Crippen LogP contribution is 2.25. The first-order valence-corrected chi connectivity index (χ1v) is 7.74. The molecule has 0 unspecified atom stereocenters. The van der Waals surface area contributed by atoms with Crippen LogP contribution in [-0.2, 0) is 4.74 Å². The summed E-state index contributed by atoms with van der Waals surface area (Å²) in [6.45, 7) is 1.84. The molecule has 0 aromatic heterocycles. The summed E-state index contributed by atoms with van der Waals surface area (Å²) in [6.07, 6.45) is 0. The van der Waals surface area contributed by atoms with Crippen molar-refractivity contribution in [2.24, 2.45) is 0 Å². The Labute approximate surface area is 146 Å². The van der Waals surface area contributed by atoms with Crippen molar-refractivity contribution in [2.75, 3.05) is 27.4 Å². The van der Waals surface area contributed by atoms with Gasteiger partial charge in [-0.15, -0.1) is 0 Å². The van der Waals surface area contributed by atoms with Gasteiger partial charge in [-0.1, -0.05) is 6.07 Å². The van der Waals surface area contributed by atoms with Crippen LogP contribution in [0.15, 0.2) is 42.5 Å². The molecule has 0 saturated carbocycles. The average Bonchev–Trinajstić information content (AvgIpc) is 2.65. The van der Waals surface area contributed by atoms with Gasteiger partial charge in [-0.25, -0.2) is 4.79 Å². The second-order valence-corrected chi connectivity index (χ2v) is 5.03. The van der Waals surface area contributed by atoms with Crippen molar-refractivity contribution in [3.8, 4) is 17.2 Å². The SMILES string of the molecule is CCOC(=O)c1cccc(OCC(=O)c2ccc(OC)cc2OC)c1. The summed E-state index contributed by atoms with van der Waals surface area (Å²) < 4.78 is 20.8. The second-order valence-electron chi connectivity index (χ2n) is 5.03. The molecule has 0 bridgehead atoms. The summed E-state index contributed by atoms with van der Waals surface area (Å²) >= 11 is 0. The zero-order chi connectivity index (χ0) is 18.2. The maximum absolute atomic E-state index is 12.4. The van der Waals surface area contributed by atoms with E-state index in [2.05, 4.69) is 0 Å². The quantitative estimate of drug-likeness (QED) is 0.541. The summed E-state index contributed by atoms with van der Waals surface area (Å²) in [7, 11) is 3.02. The normalized spacial score (nSPS) is 10.0. The van der Waals surface area contributed by atoms with Crippen molar-refractivity contribution in [3.05, 3.63) is 53.6 Å². The van der Waals surface area contributed by atoms with Crippen LogP contribution < -0.4 is 14.2 Å². The van der Waals surface area contributed by atoms with Gasteiger partial charge in [-0.3, -0.25) is 4.79 Å².